The SMILES string of the molecule is Cc1nn(C2(c3ncn(C)n3)CC2)cc1Nc1ncc(C(F)(F)F)c(C2CC2)n1. The zero-order valence-corrected chi connectivity index (χ0v) is 15.9. The lowest BCUT2D eigenvalue weighted by atomic mass is 10.1. The van der Waals surface area contributed by atoms with Gasteiger partial charge in [-0.3, -0.25) is 9.36 Å². The van der Waals surface area contributed by atoms with Gasteiger partial charge in [-0.05, 0) is 32.6 Å². The summed E-state index contributed by atoms with van der Waals surface area (Å²) in [5.41, 5.74) is 0.288. The van der Waals surface area contributed by atoms with E-state index in [-0.39, 0.29) is 23.1 Å². The number of rotatable bonds is 5. The molecule has 3 aromatic rings. The van der Waals surface area contributed by atoms with Crippen LogP contribution in [0.15, 0.2) is 18.7 Å². The zero-order chi connectivity index (χ0) is 20.4. The fourth-order valence-electron chi connectivity index (χ4n) is 3.49. The van der Waals surface area contributed by atoms with Crippen molar-refractivity contribution in [1.82, 2.24) is 34.5 Å². The first kappa shape index (κ1) is 18.1. The van der Waals surface area contributed by atoms with Gasteiger partial charge in [0.2, 0.25) is 5.95 Å². The summed E-state index contributed by atoms with van der Waals surface area (Å²) in [7, 11) is 1.81. The Bertz CT molecular complexity index is 1080. The lowest BCUT2D eigenvalue weighted by Gasteiger charge is -2.13. The number of halogens is 3. The first-order chi connectivity index (χ1) is 13.8. The summed E-state index contributed by atoms with van der Waals surface area (Å²) in [6.07, 6.45) is 3.07. The molecule has 3 aromatic heterocycles. The number of nitrogens with one attached hydrogen (secondary N) is 1. The average molecular weight is 404 g/mol. The lowest BCUT2D eigenvalue weighted by molar-refractivity contribution is -0.138. The molecule has 0 saturated heterocycles. The summed E-state index contributed by atoms with van der Waals surface area (Å²) < 4.78 is 43.2. The maximum absolute atomic E-state index is 13.2. The van der Waals surface area contributed by atoms with Crippen LogP contribution in [0.3, 0.4) is 0 Å². The van der Waals surface area contributed by atoms with Gasteiger partial charge in [-0.15, -0.1) is 0 Å². The number of nitrogens with zero attached hydrogens (tertiary/aromatic N) is 7. The molecule has 2 fully saturated rings. The Morgan fingerprint density at radius 2 is 1.93 bits per heavy atom. The van der Waals surface area contributed by atoms with E-state index in [2.05, 4.69) is 30.5 Å². The van der Waals surface area contributed by atoms with E-state index in [0.717, 1.165) is 31.9 Å². The van der Waals surface area contributed by atoms with Crippen LogP contribution in [0.4, 0.5) is 24.8 Å². The predicted octanol–water partition coefficient (Wildman–Crippen LogP) is 3.29. The van der Waals surface area contributed by atoms with Gasteiger partial charge in [0.05, 0.1) is 22.6 Å². The second-order valence-electron chi connectivity index (χ2n) is 7.74. The van der Waals surface area contributed by atoms with Gasteiger partial charge >= 0.3 is 6.18 Å². The van der Waals surface area contributed by atoms with Gasteiger partial charge in [-0.2, -0.15) is 23.4 Å². The Balaban J connectivity index is 1.44. The van der Waals surface area contributed by atoms with E-state index in [1.807, 2.05) is 24.9 Å². The van der Waals surface area contributed by atoms with E-state index in [1.165, 1.54) is 0 Å². The highest BCUT2D eigenvalue weighted by molar-refractivity contribution is 5.56. The standard InChI is InChI=1S/C18H19F3N8/c1-10-13(8-29(26-10)17(5-6-17)15-23-9-28(2)27-15)24-16-22-7-12(18(19,20)21)14(25-16)11-3-4-11/h7-9,11H,3-6H2,1-2H3,(H,22,24,25). The molecule has 3 heterocycles. The van der Waals surface area contributed by atoms with Gasteiger partial charge in [0.25, 0.3) is 0 Å². The number of alkyl halides is 3. The Morgan fingerprint density at radius 3 is 2.52 bits per heavy atom. The Labute approximate surface area is 164 Å². The largest absolute Gasteiger partial charge is 0.419 e. The van der Waals surface area contributed by atoms with Crippen LogP contribution in [-0.2, 0) is 18.8 Å². The molecule has 2 aliphatic carbocycles. The van der Waals surface area contributed by atoms with Crippen LogP contribution >= 0.6 is 0 Å². The minimum absolute atomic E-state index is 0.0661. The highest BCUT2D eigenvalue weighted by atomic mass is 19.4. The molecule has 11 heteroatoms. The quantitative estimate of drug-likeness (QED) is 0.702. The molecule has 0 radical (unpaired) electrons. The second-order valence-corrected chi connectivity index (χ2v) is 7.74. The average Bonchev–Trinajstić information content (AvgIpc) is 3.58. The number of aryl methyl sites for hydroxylation is 2. The Morgan fingerprint density at radius 1 is 1.17 bits per heavy atom. The van der Waals surface area contributed by atoms with Crippen LogP contribution in [0.2, 0.25) is 0 Å². The van der Waals surface area contributed by atoms with Crippen LogP contribution in [0.25, 0.3) is 0 Å². The predicted molar refractivity (Wildman–Crippen MR) is 96.6 cm³/mol. The van der Waals surface area contributed by atoms with E-state index >= 15 is 0 Å². The monoisotopic (exact) mass is 404 g/mol. The van der Waals surface area contributed by atoms with E-state index in [4.69, 9.17) is 0 Å². The molecule has 29 heavy (non-hydrogen) atoms. The maximum Gasteiger partial charge on any atom is 0.419 e. The molecule has 0 spiro atoms. The third-order valence-electron chi connectivity index (χ3n) is 5.41. The summed E-state index contributed by atoms with van der Waals surface area (Å²) in [6, 6.07) is 0. The minimum Gasteiger partial charge on any atom is -0.321 e. The van der Waals surface area contributed by atoms with E-state index in [0.29, 0.717) is 17.2 Å². The Hall–Kier alpha value is -2.98. The van der Waals surface area contributed by atoms with Crippen LogP contribution < -0.4 is 5.32 Å². The van der Waals surface area contributed by atoms with Crippen molar-refractivity contribution in [3.05, 3.63) is 41.5 Å². The van der Waals surface area contributed by atoms with Crippen molar-refractivity contribution in [3.63, 3.8) is 0 Å². The molecular weight excluding hydrogens is 385 g/mol. The third kappa shape index (κ3) is 3.14. The van der Waals surface area contributed by atoms with Gasteiger partial charge < -0.3 is 5.32 Å². The summed E-state index contributed by atoms with van der Waals surface area (Å²) in [5.74, 6) is 0.697. The van der Waals surface area contributed by atoms with Crippen LogP contribution in [0.1, 0.15) is 54.4 Å². The number of aromatic nitrogens is 7. The maximum atomic E-state index is 13.2. The second kappa shape index (κ2) is 6.01. The number of anilines is 2. The van der Waals surface area contributed by atoms with E-state index in [1.54, 1.807) is 11.0 Å². The number of hydrogen-bond acceptors (Lipinski definition) is 6. The highest BCUT2D eigenvalue weighted by Crippen LogP contribution is 2.48. The summed E-state index contributed by atoms with van der Waals surface area (Å²) in [4.78, 5) is 12.4. The van der Waals surface area contributed by atoms with Crippen LogP contribution in [0.5, 0.6) is 0 Å². The molecule has 2 saturated carbocycles. The molecule has 0 bridgehead atoms. The fourth-order valence-corrected chi connectivity index (χ4v) is 3.49. The van der Waals surface area contributed by atoms with Crippen LogP contribution in [0, 0.1) is 6.92 Å². The minimum atomic E-state index is -4.45. The van der Waals surface area contributed by atoms with Crippen molar-refractivity contribution < 1.29 is 13.2 Å². The van der Waals surface area contributed by atoms with Crippen molar-refractivity contribution >= 4 is 11.6 Å². The summed E-state index contributed by atoms with van der Waals surface area (Å²) in [6.45, 7) is 1.83. The third-order valence-corrected chi connectivity index (χ3v) is 5.41. The van der Waals surface area contributed by atoms with E-state index < -0.39 is 11.7 Å². The van der Waals surface area contributed by atoms with Gasteiger partial charge in [0, 0.05) is 25.4 Å². The lowest BCUT2D eigenvalue weighted by Crippen LogP contribution is -2.21. The molecule has 152 valence electrons. The van der Waals surface area contributed by atoms with Crippen molar-refractivity contribution in [3.8, 4) is 0 Å². The summed E-state index contributed by atoms with van der Waals surface area (Å²) >= 11 is 0. The van der Waals surface area contributed by atoms with Gasteiger partial charge in [-0.25, -0.2) is 15.0 Å². The van der Waals surface area contributed by atoms with Crippen molar-refractivity contribution in [1.29, 1.82) is 0 Å². The summed E-state index contributed by atoms with van der Waals surface area (Å²) in [5, 5.41) is 12.0. The molecule has 0 unspecified atom stereocenters. The highest BCUT2D eigenvalue weighted by Gasteiger charge is 2.51. The topological polar surface area (TPSA) is 86.3 Å². The van der Waals surface area contributed by atoms with E-state index in [9.17, 15) is 13.2 Å². The smallest absolute Gasteiger partial charge is 0.321 e. The molecule has 0 aromatic carbocycles. The fraction of sp³-hybridized carbons (Fsp3) is 0.500. The van der Waals surface area contributed by atoms with Gasteiger partial charge in [-0.1, -0.05) is 0 Å². The van der Waals surface area contributed by atoms with Crippen molar-refractivity contribution in [2.24, 2.45) is 7.05 Å². The van der Waals surface area contributed by atoms with Gasteiger partial charge in [0.15, 0.2) is 5.82 Å². The van der Waals surface area contributed by atoms with Crippen molar-refractivity contribution in [2.45, 2.75) is 50.2 Å². The number of hydrogen-bond donors (Lipinski definition) is 1. The first-order valence-electron chi connectivity index (χ1n) is 9.40. The van der Waals surface area contributed by atoms with Crippen LogP contribution in [-0.4, -0.2) is 34.5 Å². The Kier molecular flexibility index (Phi) is 3.74. The molecular formula is C18H19F3N8. The molecule has 1 N–H and O–H groups in total. The molecule has 0 atom stereocenters. The molecule has 0 aliphatic heterocycles. The zero-order valence-electron chi connectivity index (χ0n) is 15.9. The molecule has 5 rings (SSSR count). The normalized spacial score (nSPS) is 18.1. The van der Waals surface area contributed by atoms with Crippen molar-refractivity contribution in [2.75, 3.05) is 5.32 Å². The molecule has 2 aliphatic rings. The first-order valence-corrected chi connectivity index (χ1v) is 9.40. The molecule has 0 amide bonds. The molecule has 8 nitrogen and oxygen atoms in total. The van der Waals surface area contributed by atoms with Gasteiger partial charge in [0.1, 0.15) is 11.9 Å².